The Labute approximate surface area is 178 Å². The van der Waals surface area contributed by atoms with E-state index in [4.69, 9.17) is 16.7 Å². The molecule has 30 heavy (non-hydrogen) atoms. The monoisotopic (exact) mass is 431 g/mol. The van der Waals surface area contributed by atoms with Crippen LogP contribution < -0.4 is 5.32 Å². The molecule has 0 fully saturated rings. The van der Waals surface area contributed by atoms with Crippen LogP contribution in [0.1, 0.15) is 16.3 Å². The van der Waals surface area contributed by atoms with Gasteiger partial charge in [0.05, 0.1) is 30.0 Å². The molecule has 1 aromatic carbocycles. The molecule has 1 aromatic heterocycles. The molecule has 0 unspecified atom stereocenters. The number of aromatic nitrogens is 2. The van der Waals surface area contributed by atoms with E-state index in [1.54, 1.807) is 51.8 Å². The predicted octanol–water partition coefficient (Wildman–Crippen LogP) is 1.70. The van der Waals surface area contributed by atoms with Crippen LogP contribution in [0.5, 0.6) is 0 Å². The molecule has 1 aliphatic heterocycles. The molecular weight excluding hydrogens is 410 g/mol. The van der Waals surface area contributed by atoms with Crippen molar-refractivity contribution in [3.05, 3.63) is 59.2 Å². The van der Waals surface area contributed by atoms with Crippen molar-refractivity contribution < 1.29 is 19.5 Å². The predicted molar refractivity (Wildman–Crippen MR) is 111 cm³/mol. The summed E-state index contributed by atoms with van der Waals surface area (Å²) in [6, 6.07) is 6.97. The molecule has 2 aromatic rings. The summed E-state index contributed by atoms with van der Waals surface area (Å²) in [6.07, 6.45) is 4.56. The van der Waals surface area contributed by atoms with Crippen LogP contribution in [0.15, 0.2) is 42.6 Å². The van der Waals surface area contributed by atoms with E-state index in [0.717, 1.165) is 0 Å². The van der Waals surface area contributed by atoms with E-state index in [1.807, 2.05) is 0 Å². The molecular formula is C20H22ClN5O4. The van der Waals surface area contributed by atoms with Gasteiger partial charge in [-0.05, 0) is 19.2 Å². The van der Waals surface area contributed by atoms with Gasteiger partial charge in [-0.2, -0.15) is 0 Å². The summed E-state index contributed by atoms with van der Waals surface area (Å²) in [5.74, 6) is -0.803. The van der Waals surface area contributed by atoms with Crippen LogP contribution in [0.4, 0.5) is 5.69 Å². The number of halogens is 1. The quantitative estimate of drug-likeness (QED) is 0.646. The van der Waals surface area contributed by atoms with Gasteiger partial charge in [0.1, 0.15) is 11.5 Å². The van der Waals surface area contributed by atoms with E-state index in [-0.39, 0.29) is 24.9 Å². The lowest BCUT2D eigenvalue weighted by atomic mass is 10.3. The molecule has 0 aliphatic carbocycles. The van der Waals surface area contributed by atoms with Gasteiger partial charge < -0.3 is 19.9 Å². The lowest BCUT2D eigenvalue weighted by Crippen LogP contribution is -2.38. The van der Waals surface area contributed by atoms with Gasteiger partial charge in [0.2, 0.25) is 5.91 Å². The normalized spacial score (nSPS) is 13.5. The third-order valence-electron chi connectivity index (χ3n) is 4.61. The second-order valence-corrected chi connectivity index (χ2v) is 7.31. The first kappa shape index (κ1) is 21.5. The number of para-hydroxylation sites is 1. The number of hydrogen-bond donors (Lipinski definition) is 2. The van der Waals surface area contributed by atoms with Crippen molar-refractivity contribution in [3.63, 3.8) is 0 Å². The third kappa shape index (κ3) is 5.25. The highest BCUT2D eigenvalue weighted by Gasteiger charge is 2.25. The van der Waals surface area contributed by atoms with E-state index in [1.165, 1.54) is 12.3 Å². The molecule has 0 spiro atoms. The summed E-state index contributed by atoms with van der Waals surface area (Å²) in [6.45, 7) is 1.42. The van der Waals surface area contributed by atoms with Gasteiger partial charge in [-0.1, -0.05) is 29.8 Å². The second-order valence-electron chi connectivity index (χ2n) is 6.90. The van der Waals surface area contributed by atoms with Crippen LogP contribution in [0.25, 0.3) is 0 Å². The topological polar surface area (TPSA) is 108 Å². The number of hydrogen-bond acceptors (Lipinski definition) is 5. The molecule has 0 atom stereocenters. The first-order valence-corrected chi connectivity index (χ1v) is 9.69. The summed E-state index contributed by atoms with van der Waals surface area (Å²) < 4.78 is 1.79. The van der Waals surface area contributed by atoms with Gasteiger partial charge in [0, 0.05) is 25.7 Å². The molecule has 2 amide bonds. The summed E-state index contributed by atoms with van der Waals surface area (Å²) in [4.78, 5) is 43.2. The first-order valence-electron chi connectivity index (χ1n) is 9.31. The smallest absolute Gasteiger partial charge is 0.317 e. The highest BCUT2D eigenvalue weighted by molar-refractivity contribution is 6.33. The number of anilines is 1. The molecule has 2 N–H and O–H groups in total. The maximum atomic E-state index is 12.6. The SMILES string of the molecule is CN(C/C=C/C(=O)N1CCn2c(C(=O)Nc3ccccc3Cl)cnc2C1)CC(=O)O. The third-order valence-corrected chi connectivity index (χ3v) is 4.94. The number of rotatable bonds is 7. The highest BCUT2D eigenvalue weighted by Crippen LogP contribution is 2.22. The standard InChI is InChI=1S/C20H22ClN5O4/c1-24(13-19(28)29)8-4-7-18(27)25-9-10-26-16(11-22-17(26)12-25)20(30)23-15-6-3-2-5-14(15)21/h2-7,11H,8-10,12-13H2,1H3,(H,23,30)(H,28,29)/b7-4+. The number of nitrogens with zero attached hydrogens (tertiary/aromatic N) is 4. The average molecular weight is 432 g/mol. The van der Waals surface area contributed by atoms with Crippen molar-refractivity contribution in [2.24, 2.45) is 0 Å². The van der Waals surface area contributed by atoms with Gasteiger partial charge >= 0.3 is 5.97 Å². The number of likely N-dealkylation sites (N-methyl/N-ethyl adjacent to an activating group) is 1. The Morgan fingerprint density at radius 1 is 1.30 bits per heavy atom. The van der Waals surface area contributed by atoms with E-state index >= 15 is 0 Å². The number of carboxylic acids is 1. The zero-order valence-electron chi connectivity index (χ0n) is 16.4. The molecule has 158 valence electrons. The number of carbonyl (C=O) groups is 3. The van der Waals surface area contributed by atoms with Crippen molar-refractivity contribution in [2.45, 2.75) is 13.1 Å². The molecule has 10 heteroatoms. The maximum Gasteiger partial charge on any atom is 0.317 e. The van der Waals surface area contributed by atoms with Gasteiger partial charge in [0.25, 0.3) is 5.91 Å². The first-order chi connectivity index (χ1) is 14.3. The Kier molecular flexibility index (Phi) is 6.86. The molecule has 0 saturated carbocycles. The maximum absolute atomic E-state index is 12.6. The zero-order chi connectivity index (χ0) is 21.7. The van der Waals surface area contributed by atoms with Gasteiger partial charge in [-0.3, -0.25) is 19.3 Å². The number of imidazole rings is 1. The Balaban J connectivity index is 1.60. The van der Waals surface area contributed by atoms with Crippen LogP contribution in [0.2, 0.25) is 5.02 Å². The highest BCUT2D eigenvalue weighted by atomic mass is 35.5. The Hall–Kier alpha value is -3.17. The molecule has 3 rings (SSSR count). The van der Waals surface area contributed by atoms with Crippen molar-refractivity contribution in [1.29, 1.82) is 0 Å². The van der Waals surface area contributed by atoms with Crippen LogP contribution in [0.3, 0.4) is 0 Å². The second kappa shape index (κ2) is 9.55. The zero-order valence-corrected chi connectivity index (χ0v) is 17.2. The Morgan fingerprint density at radius 2 is 2.07 bits per heavy atom. The van der Waals surface area contributed by atoms with Crippen molar-refractivity contribution in [2.75, 3.05) is 32.0 Å². The largest absolute Gasteiger partial charge is 0.480 e. The van der Waals surface area contributed by atoms with E-state index in [0.29, 0.717) is 41.9 Å². The number of amides is 2. The number of fused-ring (bicyclic) bond motifs is 1. The minimum atomic E-state index is -0.922. The lowest BCUT2D eigenvalue weighted by Gasteiger charge is -2.27. The Morgan fingerprint density at radius 3 is 2.80 bits per heavy atom. The minimum absolute atomic E-state index is 0.0985. The Bertz CT molecular complexity index is 987. The van der Waals surface area contributed by atoms with Gasteiger partial charge in [0.15, 0.2) is 0 Å². The number of nitrogens with one attached hydrogen (secondary N) is 1. The summed E-state index contributed by atoms with van der Waals surface area (Å²) >= 11 is 6.09. The molecule has 0 bridgehead atoms. The van der Waals surface area contributed by atoms with Crippen molar-refractivity contribution in [1.82, 2.24) is 19.4 Å². The number of benzene rings is 1. The van der Waals surface area contributed by atoms with Gasteiger partial charge in [-0.25, -0.2) is 4.98 Å². The summed E-state index contributed by atoms with van der Waals surface area (Å²) in [7, 11) is 1.66. The van der Waals surface area contributed by atoms with Crippen molar-refractivity contribution >= 4 is 35.1 Å². The molecule has 2 heterocycles. The van der Waals surface area contributed by atoms with Crippen LogP contribution in [0, 0.1) is 0 Å². The fraction of sp³-hybridized carbons (Fsp3) is 0.300. The van der Waals surface area contributed by atoms with E-state index in [2.05, 4.69) is 10.3 Å². The summed E-state index contributed by atoms with van der Waals surface area (Å²) in [5, 5.41) is 12.0. The fourth-order valence-corrected chi connectivity index (χ4v) is 3.30. The van der Waals surface area contributed by atoms with E-state index < -0.39 is 5.97 Å². The van der Waals surface area contributed by atoms with E-state index in [9.17, 15) is 14.4 Å². The molecule has 0 saturated heterocycles. The number of carbonyl (C=O) groups excluding carboxylic acids is 2. The van der Waals surface area contributed by atoms with Crippen LogP contribution in [-0.4, -0.2) is 68.9 Å². The van der Waals surface area contributed by atoms with Crippen molar-refractivity contribution in [3.8, 4) is 0 Å². The number of aliphatic carboxylic acids is 1. The lowest BCUT2D eigenvalue weighted by molar-refractivity contribution is -0.137. The van der Waals surface area contributed by atoms with Crippen LogP contribution >= 0.6 is 11.6 Å². The number of carboxylic acid groups (broad SMARTS) is 1. The van der Waals surface area contributed by atoms with Crippen LogP contribution in [-0.2, 0) is 22.7 Å². The fourth-order valence-electron chi connectivity index (χ4n) is 3.11. The minimum Gasteiger partial charge on any atom is -0.480 e. The molecule has 9 nitrogen and oxygen atoms in total. The average Bonchev–Trinajstić information content (AvgIpc) is 3.12. The van der Waals surface area contributed by atoms with Gasteiger partial charge in [-0.15, -0.1) is 0 Å². The molecule has 0 radical (unpaired) electrons. The summed E-state index contributed by atoms with van der Waals surface area (Å²) in [5.41, 5.74) is 0.924. The molecule has 1 aliphatic rings.